The first-order valence-electron chi connectivity index (χ1n) is 2.63. The maximum Gasteiger partial charge on any atom is 0.135 e. The smallest absolute Gasteiger partial charge is 0.135 e. The molecule has 0 aliphatic carbocycles. The topological polar surface area (TPSA) is 48.9 Å². The Morgan fingerprint density at radius 3 is 3.11 bits per heavy atom. The van der Waals surface area contributed by atoms with Crippen molar-refractivity contribution in [1.82, 2.24) is 9.97 Å². The highest BCUT2D eigenvalue weighted by atomic mass is 32.1. The van der Waals surface area contributed by atoms with E-state index in [1.807, 2.05) is 0 Å². The second kappa shape index (κ2) is 2.89. The molecule has 3 nitrogen and oxygen atoms in total. The molecule has 9 heavy (non-hydrogen) atoms. The molecule has 1 aromatic rings. The van der Waals surface area contributed by atoms with Crippen LogP contribution in [0.3, 0.4) is 0 Å². The molecule has 2 N–H and O–H groups in total. The summed E-state index contributed by atoms with van der Waals surface area (Å²) in [5.74, 6) is 0.970. The summed E-state index contributed by atoms with van der Waals surface area (Å²) in [6.07, 6.45) is 2.70. The number of nitrogens with one attached hydrogen (secondary N) is 1. The molecule has 0 saturated heterocycles. The fraction of sp³-hybridized carbons (Fsp3) is 0.400. The first kappa shape index (κ1) is 6.64. The van der Waals surface area contributed by atoms with Gasteiger partial charge in [-0.3, -0.25) is 0 Å². The highest BCUT2D eigenvalue weighted by molar-refractivity contribution is 7.80. The van der Waals surface area contributed by atoms with Crippen LogP contribution in [-0.4, -0.2) is 20.8 Å². The van der Waals surface area contributed by atoms with Crippen molar-refractivity contribution in [1.29, 1.82) is 0 Å². The van der Waals surface area contributed by atoms with Gasteiger partial charge in [0.15, 0.2) is 0 Å². The van der Waals surface area contributed by atoms with Gasteiger partial charge in [-0.2, -0.15) is 12.6 Å². The maximum absolute atomic E-state index is 9.05. The Bertz CT molecular complexity index is 163. The molecule has 50 valence electrons. The molecular formula is C5H8N2OS. The summed E-state index contributed by atoms with van der Waals surface area (Å²) in [7, 11) is 0. The summed E-state index contributed by atoms with van der Waals surface area (Å²) in [6, 6.07) is 0. The number of nitrogens with zero attached hydrogens (tertiary/aromatic N) is 1. The molecule has 0 aromatic carbocycles. The Kier molecular flexibility index (Phi) is 2.13. The van der Waals surface area contributed by atoms with Gasteiger partial charge in [0.1, 0.15) is 11.9 Å². The maximum atomic E-state index is 9.05. The lowest BCUT2D eigenvalue weighted by Crippen LogP contribution is -2.00. The zero-order valence-electron chi connectivity index (χ0n) is 4.78. The van der Waals surface area contributed by atoms with Gasteiger partial charge in [0, 0.05) is 18.1 Å². The summed E-state index contributed by atoms with van der Waals surface area (Å²) in [5.41, 5.74) is 0. The molecule has 1 atom stereocenters. The van der Waals surface area contributed by atoms with Crippen LogP contribution in [0.4, 0.5) is 0 Å². The number of H-pyrrole nitrogens is 1. The fourth-order valence-corrected chi connectivity index (χ4v) is 0.719. The molecule has 4 heteroatoms. The van der Waals surface area contributed by atoms with E-state index in [-0.39, 0.29) is 0 Å². The largest absolute Gasteiger partial charge is 0.384 e. The number of aliphatic hydroxyl groups is 1. The van der Waals surface area contributed by atoms with Gasteiger partial charge in [-0.25, -0.2) is 4.98 Å². The van der Waals surface area contributed by atoms with Crippen LogP contribution in [0.5, 0.6) is 0 Å². The molecule has 0 amide bonds. The third kappa shape index (κ3) is 1.46. The summed E-state index contributed by atoms with van der Waals surface area (Å²) >= 11 is 3.89. The minimum Gasteiger partial charge on any atom is -0.384 e. The van der Waals surface area contributed by atoms with Gasteiger partial charge < -0.3 is 10.1 Å². The van der Waals surface area contributed by atoms with Crippen molar-refractivity contribution in [3.05, 3.63) is 18.2 Å². The Labute approximate surface area is 58.5 Å². The lowest BCUT2D eigenvalue weighted by molar-refractivity contribution is 0.195. The van der Waals surface area contributed by atoms with Crippen LogP contribution >= 0.6 is 12.6 Å². The zero-order chi connectivity index (χ0) is 6.69. The van der Waals surface area contributed by atoms with E-state index in [4.69, 9.17) is 5.11 Å². The van der Waals surface area contributed by atoms with E-state index < -0.39 is 6.10 Å². The summed E-state index contributed by atoms with van der Waals surface area (Å²) in [4.78, 5) is 6.61. The molecule has 0 bridgehead atoms. The van der Waals surface area contributed by atoms with Gasteiger partial charge in [0.2, 0.25) is 0 Å². The quantitative estimate of drug-likeness (QED) is 0.525. The Morgan fingerprint density at radius 2 is 2.67 bits per heavy atom. The average molecular weight is 144 g/mol. The molecular weight excluding hydrogens is 136 g/mol. The number of hydrogen-bond acceptors (Lipinski definition) is 3. The van der Waals surface area contributed by atoms with Crippen LogP contribution in [0.1, 0.15) is 11.9 Å². The number of hydrogen-bond donors (Lipinski definition) is 3. The minimum atomic E-state index is -0.566. The highest BCUT2D eigenvalue weighted by Crippen LogP contribution is 2.06. The van der Waals surface area contributed by atoms with Crippen LogP contribution in [0.2, 0.25) is 0 Å². The number of aromatic amines is 1. The lowest BCUT2D eigenvalue weighted by atomic mass is 10.4. The van der Waals surface area contributed by atoms with Crippen molar-refractivity contribution in [2.45, 2.75) is 6.10 Å². The van der Waals surface area contributed by atoms with E-state index in [2.05, 4.69) is 22.6 Å². The van der Waals surface area contributed by atoms with Crippen molar-refractivity contribution < 1.29 is 5.11 Å². The van der Waals surface area contributed by atoms with Gasteiger partial charge in [-0.1, -0.05) is 0 Å². The van der Waals surface area contributed by atoms with Crippen molar-refractivity contribution in [2.24, 2.45) is 0 Å². The van der Waals surface area contributed by atoms with Crippen LogP contribution in [0.25, 0.3) is 0 Å². The Balaban J connectivity index is 2.65. The van der Waals surface area contributed by atoms with Gasteiger partial charge in [-0.15, -0.1) is 0 Å². The van der Waals surface area contributed by atoms with Crippen molar-refractivity contribution in [3.8, 4) is 0 Å². The molecule has 0 radical (unpaired) electrons. The number of imidazole rings is 1. The van der Waals surface area contributed by atoms with Gasteiger partial charge in [0.05, 0.1) is 0 Å². The van der Waals surface area contributed by atoms with E-state index in [0.717, 1.165) is 0 Å². The summed E-state index contributed by atoms with van der Waals surface area (Å²) in [6.45, 7) is 0. The standard InChI is InChI=1S/C5H8N2OS/c8-4(3-9)5-6-1-2-7-5/h1-2,4,8-9H,3H2,(H,6,7). The van der Waals surface area contributed by atoms with Gasteiger partial charge >= 0.3 is 0 Å². The van der Waals surface area contributed by atoms with E-state index in [1.165, 1.54) is 0 Å². The van der Waals surface area contributed by atoms with Crippen molar-refractivity contribution >= 4 is 12.6 Å². The molecule has 1 aromatic heterocycles. The molecule has 1 unspecified atom stereocenters. The Hall–Kier alpha value is -0.480. The Morgan fingerprint density at radius 1 is 1.89 bits per heavy atom. The highest BCUT2D eigenvalue weighted by Gasteiger charge is 2.04. The molecule has 0 aliphatic heterocycles. The van der Waals surface area contributed by atoms with Crippen LogP contribution in [0, 0.1) is 0 Å². The SMILES string of the molecule is OC(CS)c1ncc[nH]1. The predicted molar refractivity (Wildman–Crippen MR) is 37.4 cm³/mol. The molecule has 0 saturated carbocycles. The van der Waals surface area contributed by atoms with E-state index in [9.17, 15) is 0 Å². The number of thiol groups is 1. The van der Waals surface area contributed by atoms with Crippen molar-refractivity contribution in [2.75, 3.05) is 5.75 Å². The second-order valence-corrected chi connectivity index (χ2v) is 2.04. The molecule has 0 fully saturated rings. The second-order valence-electron chi connectivity index (χ2n) is 1.67. The van der Waals surface area contributed by atoms with Crippen LogP contribution in [0.15, 0.2) is 12.4 Å². The number of aromatic nitrogens is 2. The monoisotopic (exact) mass is 144 g/mol. The molecule has 0 spiro atoms. The lowest BCUT2D eigenvalue weighted by Gasteiger charge is -2.00. The molecule has 1 heterocycles. The van der Waals surface area contributed by atoms with E-state index in [0.29, 0.717) is 11.6 Å². The van der Waals surface area contributed by atoms with Gasteiger partial charge in [-0.05, 0) is 0 Å². The first-order chi connectivity index (χ1) is 4.34. The number of aliphatic hydroxyl groups excluding tert-OH is 1. The first-order valence-corrected chi connectivity index (χ1v) is 3.26. The summed E-state index contributed by atoms with van der Waals surface area (Å²) in [5, 5.41) is 9.05. The minimum absolute atomic E-state index is 0.396. The average Bonchev–Trinajstić information content (AvgIpc) is 2.37. The van der Waals surface area contributed by atoms with E-state index in [1.54, 1.807) is 12.4 Å². The predicted octanol–water partition coefficient (Wildman–Crippen LogP) is 0.373. The molecule has 0 aliphatic rings. The van der Waals surface area contributed by atoms with Crippen molar-refractivity contribution in [3.63, 3.8) is 0 Å². The molecule has 1 rings (SSSR count). The van der Waals surface area contributed by atoms with E-state index >= 15 is 0 Å². The summed E-state index contributed by atoms with van der Waals surface area (Å²) < 4.78 is 0. The number of rotatable bonds is 2. The normalized spacial score (nSPS) is 13.6. The third-order valence-electron chi connectivity index (χ3n) is 1.01. The fourth-order valence-electron chi connectivity index (χ4n) is 0.546. The van der Waals surface area contributed by atoms with Crippen LogP contribution < -0.4 is 0 Å². The zero-order valence-corrected chi connectivity index (χ0v) is 5.68. The van der Waals surface area contributed by atoms with Crippen LogP contribution in [-0.2, 0) is 0 Å². The van der Waals surface area contributed by atoms with Gasteiger partial charge in [0.25, 0.3) is 0 Å². The third-order valence-corrected chi connectivity index (χ3v) is 1.35.